The van der Waals surface area contributed by atoms with Crippen molar-refractivity contribution in [3.8, 4) is 0 Å². The maximum Gasteiger partial charge on any atom is 0.406 e. The quantitative estimate of drug-likeness (QED) is 0.645. The van der Waals surface area contributed by atoms with Crippen molar-refractivity contribution in [2.75, 3.05) is 13.1 Å². The van der Waals surface area contributed by atoms with E-state index in [0.29, 0.717) is 17.9 Å². The summed E-state index contributed by atoms with van der Waals surface area (Å²) < 4.78 is 36.5. The molecule has 0 bridgehead atoms. The van der Waals surface area contributed by atoms with Crippen LogP contribution in [-0.4, -0.2) is 47.0 Å². The third-order valence-corrected chi connectivity index (χ3v) is 2.87. The third kappa shape index (κ3) is 1.85. The van der Waals surface area contributed by atoms with E-state index in [1.807, 2.05) is 0 Å². The molecule has 7 heteroatoms. The van der Waals surface area contributed by atoms with Crippen molar-refractivity contribution in [1.82, 2.24) is 9.80 Å². The predicted molar refractivity (Wildman–Crippen MR) is 47.5 cm³/mol. The van der Waals surface area contributed by atoms with Crippen LogP contribution in [0.2, 0.25) is 0 Å². The Kier molecular flexibility index (Phi) is 2.55. The molecule has 1 atom stereocenters. The molecule has 0 N–H and O–H groups in total. The van der Waals surface area contributed by atoms with E-state index >= 15 is 0 Å². The van der Waals surface area contributed by atoms with Crippen LogP contribution >= 0.6 is 0 Å². The molecule has 4 nitrogen and oxygen atoms in total. The van der Waals surface area contributed by atoms with Gasteiger partial charge < -0.3 is 4.90 Å². The number of halogens is 3. The molecule has 0 aromatic carbocycles. The standard InChI is InChI=1S/C9H11F3N2O2/c10-9(11,12)5-14-7(15)6-3-1-2-4-13(6)8(14)16/h6H,1-5H2. The molecule has 2 aliphatic heterocycles. The van der Waals surface area contributed by atoms with Gasteiger partial charge in [-0.2, -0.15) is 13.2 Å². The number of hydrogen-bond acceptors (Lipinski definition) is 2. The summed E-state index contributed by atoms with van der Waals surface area (Å²) in [4.78, 5) is 24.7. The minimum Gasteiger partial charge on any atom is -0.312 e. The summed E-state index contributed by atoms with van der Waals surface area (Å²) in [6, 6.07) is -1.46. The van der Waals surface area contributed by atoms with E-state index in [1.165, 1.54) is 4.90 Å². The van der Waals surface area contributed by atoms with Crippen LogP contribution in [0, 0.1) is 0 Å². The van der Waals surface area contributed by atoms with Crippen LogP contribution in [0.3, 0.4) is 0 Å². The van der Waals surface area contributed by atoms with E-state index in [2.05, 4.69) is 0 Å². The molecule has 0 aromatic heterocycles. The average molecular weight is 236 g/mol. The largest absolute Gasteiger partial charge is 0.406 e. The van der Waals surface area contributed by atoms with E-state index < -0.39 is 30.7 Å². The summed E-state index contributed by atoms with van der Waals surface area (Å²) >= 11 is 0. The Hall–Kier alpha value is -1.27. The van der Waals surface area contributed by atoms with Gasteiger partial charge in [-0.3, -0.25) is 9.69 Å². The topological polar surface area (TPSA) is 40.6 Å². The molecule has 2 rings (SSSR count). The fourth-order valence-corrected chi connectivity index (χ4v) is 2.17. The van der Waals surface area contributed by atoms with Crippen LogP contribution in [0.5, 0.6) is 0 Å². The molecule has 0 aliphatic carbocycles. The van der Waals surface area contributed by atoms with Crippen LogP contribution in [-0.2, 0) is 4.79 Å². The lowest BCUT2D eigenvalue weighted by atomic mass is 10.0. The highest BCUT2D eigenvalue weighted by atomic mass is 19.4. The first-order valence-corrected chi connectivity index (χ1v) is 5.09. The molecule has 2 fully saturated rings. The highest BCUT2D eigenvalue weighted by Crippen LogP contribution is 2.29. The van der Waals surface area contributed by atoms with Gasteiger partial charge in [0.05, 0.1) is 0 Å². The summed E-state index contributed by atoms with van der Waals surface area (Å²) in [6.45, 7) is -1.10. The number of rotatable bonds is 1. The molecular weight excluding hydrogens is 225 g/mol. The predicted octanol–water partition coefficient (Wildman–Crippen LogP) is 1.37. The molecule has 2 heterocycles. The van der Waals surface area contributed by atoms with Gasteiger partial charge in [0.15, 0.2) is 0 Å². The summed E-state index contributed by atoms with van der Waals surface area (Å²) in [5.41, 5.74) is 0. The Labute approximate surface area is 90.0 Å². The van der Waals surface area contributed by atoms with Crippen molar-refractivity contribution in [2.24, 2.45) is 0 Å². The zero-order chi connectivity index (χ0) is 11.9. The summed E-state index contributed by atoms with van der Waals surface area (Å²) in [5.74, 6) is -0.706. The number of imide groups is 1. The van der Waals surface area contributed by atoms with Crippen molar-refractivity contribution < 1.29 is 22.8 Å². The number of piperidine rings is 1. The lowest BCUT2D eigenvalue weighted by molar-refractivity contribution is -0.153. The van der Waals surface area contributed by atoms with Crippen molar-refractivity contribution in [3.63, 3.8) is 0 Å². The number of fused-ring (bicyclic) bond motifs is 1. The number of amides is 3. The number of hydrogen-bond donors (Lipinski definition) is 0. The molecule has 90 valence electrons. The first-order valence-electron chi connectivity index (χ1n) is 5.09. The molecule has 3 amide bonds. The normalized spacial score (nSPS) is 26.3. The minimum atomic E-state index is -4.53. The Balaban J connectivity index is 2.15. The number of nitrogens with zero attached hydrogens (tertiary/aromatic N) is 2. The first-order chi connectivity index (χ1) is 7.40. The number of urea groups is 1. The highest BCUT2D eigenvalue weighted by Gasteiger charge is 2.49. The fourth-order valence-electron chi connectivity index (χ4n) is 2.17. The minimum absolute atomic E-state index is 0.315. The van der Waals surface area contributed by atoms with E-state index in [-0.39, 0.29) is 0 Å². The zero-order valence-corrected chi connectivity index (χ0v) is 8.46. The van der Waals surface area contributed by atoms with E-state index in [0.717, 1.165) is 12.8 Å². The molecule has 16 heavy (non-hydrogen) atoms. The van der Waals surface area contributed by atoms with Crippen LogP contribution < -0.4 is 0 Å². The number of alkyl halides is 3. The Morgan fingerprint density at radius 2 is 1.94 bits per heavy atom. The highest BCUT2D eigenvalue weighted by molar-refractivity contribution is 6.04. The summed E-state index contributed by atoms with van der Waals surface area (Å²) in [5, 5.41) is 0. The first kappa shape index (κ1) is 11.2. The van der Waals surface area contributed by atoms with Crippen LogP contribution in [0.1, 0.15) is 19.3 Å². The second-order valence-corrected chi connectivity index (χ2v) is 4.03. The summed E-state index contributed by atoms with van der Waals surface area (Å²) in [7, 11) is 0. The SMILES string of the molecule is O=C1C2CCCCN2C(=O)N1CC(F)(F)F. The van der Waals surface area contributed by atoms with Gasteiger partial charge in [-0.15, -0.1) is 0 Å². The molecule has 0 radical (unpaired) electrons. The van der Waals surface area contributed by atoms with Crippen molar-refractivity contribution in [2.45, 2.75) is 31.5 Å². The Morgan fingerprint density at radius 3 is 2.50 bits per heavy atom. The molecule has 0 saturated carbocycles. The molecular formula is C9H11F3N2O2. The number of carbonyl (C=O) groups is 2. The molecule has 2 saturated heterocycles. The number of carbonyl (C=O) groups excluding carboxylic acids is 2. The van der Waals surface area contributed by atoms with Crippen LogP contribution in [0.4, 0.5) is 18.0 Å². The van der Waals surface area contributed by atoms with E-state index in [1.54, 1.807) is 0 Å². The average Bonchev–Trinajstić information content (AvgIpc) is 2.43. The second-order valence-electron chi connectivity index (χ2n) is 4.03. The van der Waals surface area contributed by atoms with Gasteiger partial charge in [0.1, 0.15) is 12.6 Å². The van der Waals surface area contributed by atoms with Gasteiger partial charge in [0, 0.05) is 6.54 Å². The van der Waals surface area contributed by atoms with Crippen LogP contribution in [0.25, 0.3) is 0 Å². The molecule has 0 aromatic rings. The zero-order valence-electron chi connectivity index (χ0n) is 8.46. The van der Waals surface area contributed by atoms with Crippen molar-refractivity contribution in [3.05, 3.63) is 0 Å². The molecule has 2 aliphatic rings. The van der Waals surface area contributed by atoms with E-state index in [9.17, 15) is 22.8 Å². The van der Waals surface area contributed by atoms with E-state index in [4.69, 9.17) is 0 Å². The Bertz CT molecular complexity index is 305. The van der Waals surface area contributed by atoms with Crippen LogP contribution in [0.15, 0.2) is 0 Å². The van der Waals surface area contributed by atoms with Gasteiger partial charge in [0.25, 0.3) is 5.91 Å². The van der Waals surface area contributed by atoms with Gasteiger partial charge in [0.2, 0.25) is 0 Å². The molecule has 1 unspecified atom stereocenters. The maximum atomic E-state index is 12.2. The molecule has 0 spiro atoms. The lowest BCUT2D eigenvalue weighted by Gasteiger charge is -2.26. The summed E-state index contributed by atoms with van der Waals surface area (Å²) in [6.07, 6.45) is -2.53. The second kappa shape index (κ2) is 3.64. The van der Waals surface area contributed by atoms with Gasteiger partial charge in [-0.05, 0) is 19.3 Å². The lowest BCUT2D eigenvalue weighted by Crippen LogP contribution is -2.40. The smallest absolute Gasteiger partial charge is 0.312 e. The van der Waals surface area contributed by atoms with Crippen molar-refractivity contribution in [1.29, 1.82) is 0 Å². The van der Waals surface area contributed by atoms with Gasteiger partial charge >= 0.3 is 12.2 Å². The third-order valence-electron chi connectivity index (χ3n) is 2.87. The Morgan fingerprint density at radius 1 is 1.25 bits per heavy atom. The van der Waals surface area contributed by atoms with Crippen molar-refractivity contribution >= 4 is 11.9 Å². The maximum absolute atomic E-state index is 12.2. The van der Waals surface area contributed by atoms with Gasteiger partial charge in [-0.25, -0.2) is 4.79 Å². The fraction of sp³-hybridized carbons (Fsp3) is 0.778. The van der Waals surface area contributed by atoms with Gasteiger partial charge in [-0.1, -0.05) is 0 Å². The monoisotopic (exact) mass is 236 g/mol.